The standard InChI is InChI=1S/C12H19I/c13-12-8-6-11(7-9-12)10-4-2-1-3-5-10/h6,10,12H,1-5,7-9H2/t12-/m1/s1. The van der Waals surface area contributed by atoms with Gasteiger partial charge in [0.05, 0.1) is 0 Å². The lowest BCUT2D eigenvalue weighted by molar-refractivity contribution is 0.388. The van der Waals surface area contributed by atoms with Crippen LogP contribution in [0.15, 0.2) is 11.6 Å². The summed E-state index contributed by atoms with van der Waals surface area (Å²) in [5.74, 6) is 0.984. The first-order valence-corrected chi connectivity index (χ1v) is 6.94. The normalized spacial score (nSPS) is 31.5. The van der Waals surface area contributed by atoms with Crippen molar-refractivity contribution in [2.24, 2.45) is 5.92 Å². The Labute approximate surface area is 95.3 Å². The Morgan fingerprint density at radius 3 is 2.46 bits per heavy atom. The fourth-order valence-electron chi connectivity index (χ4n) is 2.67. The van der Waals surface area contributed by atoms with Crippen molar-refractivity contribution >= 4 is 22.6 Å². The first kappa shape index (κ1) is 10.0. The molecule has 0 aromatic carbocycles. The molecule has 0 nitrogen and oxygen atoms in total. The van der Waals surface area contributed by atoms with E-state index >= 15 is 0 Å². The third kappa shape index (κ3) is 2.71. The summed E-state index contributed by atoms with van der Waals surface area (Å²) in [6, 6.07) is 0. The van der Waals surface area contributed by atoms with Crippen LogP contribution in [-0.2, 0) is 0 Å². The molecule has 0 aromatic rings. The predicted molar refractivity (Wildman–Crippen MR) is 66.3 cm³/mol. The SMILES string of the molecule is I[C@@H]1CC=C(C2CCCCC2)CC1. The first-order chi connectivity index (χ1) is 6.36. The highest BCUT2D eigenvalue weighted by Gasteiger charge is 2.20. The first-order valence-electron chi connectivity index (χ1n) is 5.69. The van der Waals surface area contributed by atoms with Gasteiger partial charge in [0.2, 0.25) is 0 Å². The minimum absolute atomic E-state index is 0.921. The second-order valence-corrected chi connectivity index (χ2v) is 6.25. The van der Waals surface area contributed by atoms with Crippen LogP contribution in [0.3, 0.4) is 0 Å². The molecule has 0 spiro atoms. The van der Waals surface area contributed by atoms with Crippen LogP contribution in [0.1, 0.15) is 51.4 Å². The van der Waals surface area contributed by atoms with E-state index in [-0.39, 0.29) is 0 Å². The van der Waals surface area contributed by atoms with E-state index in [4.69, 9.17) is 0 Å². The van der Waals surface area contributed by atoms with E-state index in [1.165, 1.54) is 51.4 Å². The van der Waals surface area contributed by atoms with Gasteiger partial charge >= 0.3 is 0 Å². The number of hydrogen-bond donors (Lipinski definition) is 0. The van der Waals surface area contributed by atoms with Crippen LogP contribution in [0, 0.1) is 5.92 Å². The number of allylic oxidation sites excluding steroid dienone is 2. The average molecular weight is 290 g/mol. The third-order valence-electron chi connectivity index (χ3n) is 3.51. The minimum atomic E-state index is 0.921. The molecule has 2 aliphatic carbocycles. The van der Waals surface area contributed by atoms with Crippen molar-refractivity contribution in [3.63, 3.8) is 0 Å². The number of alkyl halides is 1. The molecule has 0 radical (unpaired) electrons. The van der Waals surface area contributed by atoms with Gasteiger partial charge in [-0.2, -0.15) is 0 Å². The zero-order valence-corrected chi connectivity index (χ0v) is 10.4. The van der Waals surface area contributed by atoms with Crippen molar-refractivity contribution in [2.45, 2.75) is 55.3 Å². The van der Waals surface area contributed by atoms with E-state index in [9.17, 15) is 0 Å². The van der Waals surface area contributed by atoms with Gasteiger partial charge in [0.15, 0.2) is 0 Å². The predicted octanol–water partition coefficient (Wildman–Crippen LogP) is 4.48. The van der Waals surface area contributed by atoms with Gasteiger partial charge in [-0.25, -0.2) is 0 Å². The Morgan fingerprint density at radius 2 is 1.85 bits per heavy atom. The quantitative estimate of drug-likeness (QED) is 0.379. The lowest BCUT2D eigenvalue weighted by atomic mass is 9.80. The van der Waals surface area contributed by atoms with E-state index < -0.39 is 0 Å². The molecule has 2 rings (SSSR count). The molecular weight excluding hydrogens is 271 g/mol. The van der Waals surface area contributed by atoms with Crippen LogP contribution in [0.2, 0.25) is 0 Å². The Morgan fingerprint density at radius 1 is 1.08 bits per heavy atom. The van der Waals surface area contributed by atoms with Gasteiger partial charge in [-0.3, -0.25) is 0 Å². The second-order valence-electron chi connectivity index (χ2n) is 4.49. The van der Waals surface area contributed by atoms with Gasteiger partial charge in [0.25, 0.3) is 0 Å². The molecule has 0 amide bonds. The maximum atomic E-state index is 2.59. The largest absolute Gasteiger partial charge is 0.0840 e. The molecule has 13 heavy (non-hydrogen) atoms. The monoisotopic (exact) mass is 290 g/mol. The van der Waals surface area contributed by atoms with E-state index in [0.29, 0.717) is 0 Å². The average Bonchev–Trinajstić information content (AvgIpc) is 2.20. The van der Waals surface area contributed by atoms with Gasteiger partial charge < -0.3 is 0 Å². The van der Waals surface area contributed by atoms with Crippen LogP contribution < -0.4 is 0 Å². The van der Waals surface area contributed by atoms with Crippen molar-refractivity contribution < 1.29 is 0 Å². The summed E-state index contributed by atoms with van der Waals surface area (Å²) in [7, 11) is 0. The van der Waals surface area contributed by atoms with E-state index in [1.54, 1.807) is 0 Å². The van der Waals surface area contributed by atoms with Crippen LogP contribution in [-0.4, -0.2) is 3.92 Å². The second kappa shape index (κ2) is 4.81. The van der Waals surface area contributed by atoms with Crippen LogP contribution >= 0.6 is 22.6 Å². The Kier molecular flexibility index (Phi) is 3.70. The zero-order valence-electron chi connectivity index (χ0n) is 8.27. The number of rotatable bonds is 1. The molecule has 1 heteroatoms. The van der Waals surface area contributed by atoms with Gasteiger partial charge in [0, 0.05) is 3.92 Å². The van der Waals surface area contributed by atoms with Crippen LogP contribution in [0.25, 0.3) is 0 Å². The lowest BCUT2D eigenvalue weighted by Gasteiger charge is -2.28. The highest BCUT2D eigenvalue weighted by molar-refractivity contribution is 14.1. The van der Waals surface area contributed by atoms with Crippen molar-refractivity contribution in [3.05, 3.63) is 11.6 Å². The van der Waals surface area contributed by atoms with Gasteiger partial charge in [-0.15, -0.1) is 0 Å². The highest BCUT2D eigenvalue weighted by atomic mass is 127. The van der Waals surface area contributed by atoms with E-state index in [1.807, 2.05) is 5.57 Å². The minimum Gasteiger partial charge on any atom is -0.0840 e. The van der Waals surface area contributed by atoms with E-state index in [0.717, 1.165) is 9.84 Å². The topological polar surface area (TPSA) is 0 Å². The van der Waals surface area contributed by atoms with E-state index in [2.05, 4.69) is 28.7 Å². The molecule has 0 unspecified atom stereocenters. The highest BCUT2D eigenvalue weighted by Crippen LogP contribution is 2.35. The van der Waals surface area contributed by atoms with Crippen molar-refractivity contribution in [3.8, 4) is 0 Å². The Bertz CT molecular complexity index is 189. The third-order valence-corrected chi connectivity index (χ3v) is 4.64. The fraction of sp³-hybridized carbons (Fsp3) is 0.833. The maximum absolute atomic E-state index is 2.59. The molecule has 0 aliphatic heterocycles. The maximum Gasteiger partial charge on any atom is 0.0147 e. The molecule has 0 N–H and O–H groups in total. The summed E-state index contributed by atoms with van der Waals surface area (Å²) in [5.41, 5.74) is 1.81. The van der Waals surface area contributed by atoms with Crippen molar-refractivity contribution in [1.82, 2.24) is 0 Å². The fourth-order valence-corrected chi connectivity index (χ4v) is 3.23. The van der Waals surface area contributed by atoms with Crippen LogP contribution in [0.4, 0.5) is 0 Å². The smallest absolute Gasteiger partial charge is 0.0147 e. The summed E-state index contributed by atoms with van der Waals surface area (Å²) in [5, 5.41) is 0. The van der Waals surface area contributed by atoms with Crippen LogP contribution in [0.5, 0.6) is 0 Å². The molecule has 0 heterocycles. The van der Waals surface area contributed by atoms with Gasteiger partial charge in [-0.05, 0) is 38.0 Å². The molecule has 0 bridgehead atoms. The molecular formula is C12H19I. The molecule has 0 aromatic heterocycles. The molecule has 2 aliphatic rings. The summed E-state index contributed by atoms with van der Waals surface area (Å²) in [4.78, 5) is 0. The number of halogens is 1. The molecule has 0 saturated heterocycles. The Balaban J connectivity index is 1.92. The summed E-state index contributed by atoms with van der Waals surface area (Å²) in [6.45, 7) is 0. The Hall–Kier alpha value is 0.470. The van der Waals surface area contributed by atoms with Gasteiger partial charge in [-0.1, -0.05) is 53.5 Å². The summed E-state index contributed by atoms with van der Waals surface area (Å²) >= 11 is 2.59. The van der Waals surface area contributed by atoms with Gasteiger partial charge in [0.1, 0.15) is 0 Å². The van der Waals surface area contributed by atoms with Crippen molar-refractivity contribution in [1.29, 1.82) is 0 Å². The molecule has 1 atom stereocenters. The molecule has 1 saturated carbocycles. The number of hydrogen-bond acceptors (Lipinski definition) is 0. The molecule has 74 valence electrons. The lowest BCUT2D eigenvalue weighted by Crippen LogP contribution is -2.14. The molecule has 1 fully saturated rings. The zero-order chi connectivity index (χ0) is 9.10. The van der Waals surface area contributed by atoms with Crippen molar-refractivity contribution in [2.75, 3.05) is 0 Å². The summed E-state index contributed by atoms with van der Waals surface area (Å²) < 4.78 is 0.921. The summed E-state index contributed by atoms with van der Waals surface area (Å²) in [6.07, 6.45) is 14.1.